The first-order valence-corrected chi connectivity index (χ1v) is 8.02. The van der Waals surface area contributed by atoms with Crippen molar-refractivity contribution >= 4 is 11.5 Å². The minimum absolute atomic E-state index is 0.0535. The molecule has 0 aromatic heterocycles. The van der Waals surface area contributed by atoms with Gasteiger partial charge in [-0.1, -0.05) is 51.1 Å². The number of hydrogen-bond acceptors (Lipinski definition) is 2. The molecule has 3 heteroatoms. The predicted octanol–water partition coefficient (Wildman–Crippen LogP) is 2.71. The van der Waals surface area contributed by atoms with Crippen LogP contribution in [0, 0.1) is 5.41 Å². The number of allylic oxidation sites excluding steroid dienone is 2. The number of hydrogen-bond donors (Lipinski definition) is 2. The van der Waals surface area contributed by atoms with Gasteiger partial charge in [-0.2, -0.15) is 0 Å². The summed E-state index contributed by atoms with van der Waals surface area (Å²) >= 11 is 0. The van der Waals surface area contributed by atoms with Crippen molar-refractivity contribution in [3.05, 3.63) is 47.2 Å². The molecule has 0 aliphatic heterocycles. The number of aliphatic hydroxyl groups is 1. The van der Waals surface area contributed by atoms with Crippen molar-refractivity contribution in [2.75, 3.05) is 0 Å². The number of benzene rings is 1. The standard InChI is InChI=1S/C19H25NO2/c1-4-8-15(20-13-14-9-6-5-7-10-14)18-16(21)11-19(2,3)12-17(18)22/h5-7,9-10,21H,4,8,11-13H2,1-3H3/p+1. The minimum atomic E-state index is -0.151. The van der Waals surface area contributed by atoms with E-state index in [4.69, 9.17) is 0 Å². The van der Waals surface area contributed by atoms with Crippen LogP contribution in [0.1, 0.15) is 52.0 Å². The fourth-order valence-electron chi connectivity index (χ4n) is 2.99. The third-order valence-electron chi connectivity index (χ3n) is 4.00. The van der Waals surface area contributed by atoms with E-state index in [1.165, 1.54) is 5.56 Å². The Kier molecular flexibility index (Phi) is 5.17. The molecule has 0 fully saturated rings. The van der Waals surface area contributed by atoms with Crippen molar-refractivity contribution in [1.82, 2.24) is 0 Å². The number of nitrogens with one attached hydrogen (secondary N) is 1. The number of carbonyl (C=O) groups excluding carboxylic acids is 1. The highest BCUT2D eigenvalue weighted by molar-refractivity contribution is 6.21. The molecule has 0 amide bonds. The first-order valence-electron chi connectivity index (χ1n) is 8.02. The van der Waals surface area contributed by atoms with Crippen LogP contribution in [-0.2, 0) is 11.3 Å². The van der Waals surface area contributed by atoms with Crippen LogP contribution < -0.4 is 4.99 Å². The van der Waals surface area contributed by atoms with E-state index in [1.54, 1.807) is 0 Å². The van der Waals surface area contributed by atoms with E-state index in [9.17, 15) is 9.90 Å². The Hall–Kier alpha value is -1.90. The van der Waals surface area contributed by atoms with E-state index in [0.717, 1.165) is 18.6 Å². The lowest BCUT2D eigenvalue weighted by atomic mass is 9.75. The molecule has 0 heterocycles. The normalized spacial score (nSPS) is 18.7. The molecule has 2 N–H and O–H groups in total. The van der Waals surface area contributed by atoms with Crippen LogP contribution in [0.15, 0.2) is 41.7 Å². The van der Waals surface area contributed by atoms with Crippen molar-refractivity contribution in [2.24, 2.45) is 5.41 Å². The van der Waals surface area contributed by atoms with E-state index >= 15 is 0 Å². The Morgan fingerprint density at radius 1 is 1.23 bits per heavy atom. The third kappa shape index (κ3) is 4.06. The molecule has 118 valence electrons. The van der Waals surface area contributed by atoms with Gasteiger partial charge >= 0.3 is 0 Å². The quantitative estimate of drug-likeness (QED) is 0.822. The van der Waals surface area contributed by atoms with Crippen LogP contribution in [0.4, 0.5) is 0 Å². The molecule has 0 radical (unpaired) electrons. The van der Waals surface area contributed by atoms with Gasteiger partial charge in [0.1, 0.15) is 11.3 Å². The number of rotatable bonds is 5. The van der Waals surface area contributed by atoms with Gasteiger partial charge in [-0.05, 0) is 11.8 Å². The minimum Gasteiger partial charge on any atom is -0.511 e. The molecule has 1 aliphatic rings. The Morgan fingerprint density at radius 3 is 2.50 bits per heavy atom. The molecule has 0 spiro atoms. The summed E-state index contributed by atoms with van der Waals surface area (Å²) in [6.07, 6.45) is 2.77. The molecule has 22 heavy (non-hydrogen) atoms. The summed E-state index contributed by atoms with van der Waals surface area (Å²) in [6, 6.07) is 10.1. The molecule has 1 aromatic carbocycles. The molecule has 0 atom stereocenters. The molecule has 3 nitrogen and oxygen atoms in total. The largest absolute Gasteiger partial charge is 0.511 e. The third-order valence-corrected chi connectivity index (χ3v) is 4.00. The fourth-order valence-corrected chi connectivity index (χ4v) is 2.99. The highest BCUT2D eigenvalue weighted by Gasteiger charge is 2.36. The van der Waals surface area contributed by atoms with Gasteiger partial charge in [0.2, 0.25) is 0 Å². The Morgan fingerprint density at radius 2 is 1.91 bits per heavy atom. The average Bonchev–Trinajstić information content (AvgIpc) is 2.43. The summed E-state index contributed by atoms with van der Waals surface area (Å²) in [4.78, 5) is 15.8. The Labute approximate surface area is 132 Å². The highest BCUT2D eigenvalue weighted by atomic mass is 16.3. The Bertz CT molecular complexity index is 597. The van der Waals surface area contributed by atoms with Crippen LogP contribution in [0.3, 0.4) is 0 Å². The molecule has 0 bridgehead atoms. The second-order valence-corrected chi connectivity index (χ2v) is 6.83. The zero-order valence-electron chi connectivity index (χ0n) is 13.8. The van der Waals surface area contributed by atoms with Crippen molar-refractivity contribution < 1.29 is 14.9 Å². The smallest absolute Gasteiger partial charge is 0.189 e. The van der Waals surface area contributed by atoms with Crippen molar-refractivity contribution in [3.8, 4) is 0 Å². The van der Waals surface area contributed by atoms with E-state index in [1.807, 2.05) is 32.0 Å². The molecule has 0 saturated carbocycles. The maximum Gasteiger partial charge on any atom is 0.189 e. The molecular weight excluding hydrogens is 274 g/mol. The van der Waals surface area contributed by atoms with Gasteiger partial charge in [0.05, 0.1) is 0 Å². The molecule has 1 aliphatic carbocycles. The van der Waals surface area contributed by atoms with Gasteiger partial charge in [-0.25, -0.2) is 4.99 Å². The topological polar surface area (TPSA) is 51.3 Å². The van der Waals surface area contributed by atoms with Crippen LogP contribution in [0.2, 0.25) is 0 Å². The molecule has 0 saturated heterocycles. The monoisotopic (exact) mass is 300 g/mol. The molecular formula is C19H26NO2+. The van der Waals surface area contributed by atoms with Gasteiger partial charge in [0.25, 0.3) is 0 Å². The first kappa shape index (κ1) is 16.5. The predicted molar refractivity (Wildman–Crippen MR) is 88.7 cm³/mol. The summed E-state index contributed by atoms with van der Waals surface area (Å²) in [7, 11) is 0. The van der Waals surface area contributed by atoms with Gasteiger partial charge in [-0.15, -0.1) is 0 Å². The van der Waals surface area contributed by atoms with Crippen molar-refractivity contribution in [1.29, 1.82) is 0 Å². The highest BCUT2D eigenvalue weighted by Crippen LogP contribution is 2.36. The SMILES string of the molecule is CCCC(=[NH+]Cc1ccccc1)C1=C(O)CC(C)(C)CC1=O. The maximum atomic E-state index is 12.5. The molecule has 0 unspecified atom stereocenters. The van der Waals surface area contributed by atoms with Gasteiger partial charge < -0.3 is 5.11 Å². The van der Waals surface area contributed by atoms with Crippen LogP contribution in [0.25, 0.3) is 0 Å². The summed E-state index contributed by atoms with van der Waals surface area (Å²) in [5, 5.41) is 10.4. The first-order chi connectivity index (χ1) is 10.4. The van der Waals surface area contributed by atoms with Gasteiger partial charge in [-0.3, -0.25) is 4.79 Å². The molecule has 1 aromatic rings. The van der Waals surface area contributed by atoms with Crippen LogP contribution >= 0.6 is 0 Å². The van der Waals surface area contributed by atoms with Crippen LogP contribution in [-0.4, -0.2) is 16.6 Å². The maximum absolute atomic E-state index is 12.5. The summed E-state index contributed by atoms with van der Waals surface area (Å²) < 4.78 is 0. The van der Waals surface area contributed by atoms with Crippen molar-refractivity contribution in [2.45, 2.75) is 53.0 Å². The number of carbonyl (C=O) groups is 1. The lowest BCUT2D eigenvalue weighted by Crippen LogP contribution is -2.72. The van der Waals surface area contributed by atoms with E-state index < -0.39 is 0 Å². The van der Waals surface area contributed by atoms with Gasteiger partial charge in [0, 0.05) is 24.8 Å². The Balaban J connectivity index is 2.29. The number of aliphatic hydroxyl groups excluding tert-OH is 1. The number of Topliss-reactive ketones (excluding diaryl/α,β-unsaturated/α-hetero) is 1. The van der Waals surface area contributed by atoms with Crippen LogP contribution in [0.5, 0.6) is 0 Å². The lowest BCUT2D eigenvalue weighted by molar-refractivity contribution is -0.476. The summed E-state index contributed by atoms with van der Waals surface area (Å²) in [5.41, 5.74) is 2.42. The van der Waals surface area contributed by atoms with E-state index in [0.29, 0.717) is 25.0 Å². The van der Waals surface area contributed by atoms with Crippen molar-refractivity contribution in [3.63, 3.8) is 0 Å². The zero-order chi connectivity index (χ0) is 16.2. The second kappa shape index (κ2) is 6.91. The average molecular weight is 300 g/mol. The van der Waals surface area contributed by atoms with E-state index in [-0.39, 0.29) is 17.0 Å². The molecule has 2 rings (SSSR count). The fraction of sp³-hybridized carbons (Fsp3) is 0.474. The second-order valence-electron chi connectivity index (χ2n) is 6.83. The number of ketones is 1. The summed E-state index contributed by atoms with van der Waals surface area (Å²) in [6.45, 7) is 6.80. The van der Waals surface area contributed by atoms with Gasteiger partial charge in [0.15, 0.2) is 18.0 Å². The zero-order valence-corrected chi connectivity index (χ0v) is 13.8. The van der Waals surface area contributed by atoms with E-state index in [2.05, 4.69) is 24.0 Å². The lowest BCUT2D eigenvalue weighted by Gasteiger charge is -2.28. The summed E-state index contributed by atoms with van der Waals surface area (Å²) in [5.74, 6) is 0.294.